The predicted octanol–water partition coefficient (Wildman–Crippen LogP) is 7.41. The van der Waals surface area contributed by atoms with Crippen LogP contribution in [0.25, 0.3) is 27.8 Å². The Kier molecular flexibility index (Phi) is 9.55. The van der Waals surface area contributed by atoms with Crippen molar-refractivity contribution >= 4 is 54.5 Å². The highest BCUT2D eigenvalue weighted by Crippen LogP contribution is 2.38. The summed E-state index contributed by atoms with van der Waals surface area (Å²) in [5.74, 6) is -0.382. The molecule has 5 rings (SSSR count). The van der Waals surface area contributed by atoms with Gasteiger partial charge in [-0.05, 0) is 60.5 Å². The number of amides is 1. The Hall–Kier alpha value is -3.45. The highest BCUT2D eigenvalue weighted by molar-refractivity contribution is 7.22. The minimum atomic E-state index is -0.382. The number of unbranched alkanes of at least 4 members (excludes halogenated alkanes) is 2. The Morgan fingerprint density at radius 1 is 1.00 bits per heavy atom. The monoisotopic (exact) mass is 605 g/mol. The lowest BCUT2D eigenvalue weighted by molar-refractivity contribution is -0.129. The molecular formula is C31H30Cl2N5O2P. The van der Waals surface area contributed by atoms with Gasteiger partial charge in [0, 0.05) is 46.4 Å². The van der Waals surface area contributed by atoms with Crippen molar-refractivity contribution in [3.05, 3.63) is 107 Å². The first kappa shape index (κ1) is 29.1. The minimum absolute atomic E-state index is 0.273. The molecule has 0 fully saturated rings. The van der Waals surface area contributed by atoms with Crippen LogP contribution in [0.1, 0.15) is 42.5 Å². The molecule has 7 nitrogen and oxygen atoms in total. The maximum absolute atomic E-state index is 11.3. The van der Waals surface area contributed by atoms with Gasteiger partial charge >= 0.3 is 0 Å². The predicted molar refractivity (Wildman–Crippen MR) is 168 cm³/mol. The molecule has 0 atom stereocenters. The Morgan fingerprint density at radius 3 is 2.49 bits per heavy atom. The van der Waals surface area contributed by atoms with Crippen molar-refractivity contribution in [3.63, 3.8) is 0 Å². The summed E-state index contributed by atoms with van der Waals surface area (Å²) < 4.78 is 3.63. The summed E-state index contributed by atoms with van der Waals surface area (Å²) in [6, 6.07) is 26.1. The third-order valence-corrected chi connectivity index (χ3v) is 8.21. The molecular weight excluding hydrogens is 576 g/mol. The molecule has 0 aliphatic carbocycles. The number of hydroxylamine groups is 1. The van der Waals surface area contributed by atoms with E-state index in [0.717, 1.165) is 57.5 Å². The van der Waals surface area contributed by atoms with Crippen molar-refractivity contribution in [3.8, 4) is 16.9 Å². The van der Waals surface area contributed by atoms with E-state index in [0.29, 0.717) is 29.8 Å². The largest absolute Gasteiger partial charge is 0.353 e. The summed E-state index contributed by atoms with van der Waals surface area (Å²) in [6.07, 6.45) is 5.10. The van der Waals surface area contributed by atoms with Crippen LogP contribution in [0.2, 0.25) is 5.02 Å². The lowest BCUT2D eigenvalue weighted by Gasteiger charge is -2.18. The third kappa shape index (κ3) is 6.72. The first-order valence-electron chi connectivity index (χ1n) is 13.4. The minimum Gasteiger partial charge on any atom is -0.353 e. The van der Waals surface area contributed by atoms with Gasteiger partial charge in [-0.3, -0.25) is 10.0 Å². The number of aromatic amines is 1. The van der Waals surface area contributed by atoms with Gasteiger partial charge in [-0.25, -0.2) is 10.2 Å². The number of hydrogen-bond acceptors (Lipinski definition) is 3. The molecule has 3 aromatic carbocycles. The van der Waals surface area contributed by atoms with E-state index < -0.39 is 0 Å². The molecule has 0 bridgehead atoms. The van der Waals surface area contributed by atoms with Gasteiger partial charge in [0.1, 0.15) is 0 Å². The number of carbonyl (C=O) groups excluding carboxylic acids is 1. The summed E-state index contributed by atoms with van der Waals surface area (Å²) in [5, 5.41) is 15.3. The zero-order chi connectivity index (χ0) is 28.8. The number of carbonyl (C=O) groups is 1. The van der Waals surface area contributed by atoms with E-state index in [1.165, 1.54) is 0 Å². The number of fused-ring (bicyclic) bond motifs is 1. The summed E-state index contributed by atoms with van der Waals surface area (Å²) >= 11 is 13.0. The van der Waals surface area contributed by atoms with Gasteiger partial charge in [0.2, 0.25) is 5.91 Å². The normalized spacial score (nSPS) is 11.3. The second-order valence-electron chi connectivity index (χ2n) is 9.77. The number of H-pyrrole nitrogens is 1. The zero-order valence-electron chi connectivity index (χ0n) is 22.3. The summed E-state index contributed by atoms with van der Waals surface area (Å²) in [7, 11) is 3.85. The molecule has 210 valence electrons. The molecule has 3 N–H and O–H groups in total. The van der Waals surface area contributed by atoms with E-state index in [-0.39, 0.29) is 12.3 Å². The number of halogens is 2. The van der Waals surface area contributed by atoms with Crippen molar-refractivity contribution in [1.82, 2.24) is 24.7 Å². The van der Waals surface area contributed by atoms with E-state index in [4.69, 9.17) is 33.7 Å². The molecule has 0 spiro atoms. The van der Waals surface area contributed by atoms with Crippen molar-refractivity contribution in [2.24, 2.45) is 0 Å². The zero-order valence-corrected chi connectivity index (χ0v) is 24.8. The molecule has 1 amide bonds. The van der Waals surface area contributed by atoms with E-state index in [9.17, 15) is 4.79 Å². The number of nitrogens with one attached hydrogen (secondary N) is 2. The Bertz CT molecular complexity index is 1650. The number of nitrogens with zero attached hydrogens (tertiary/aromatic N) is 3. The molecule has 2 heterocycles. The molecule has 0 aliphatic heterocycles. The lowest BCUT2D eigenvalue weighted by atomic mass is 9.98. The van der Waals surface area contributed by atoms with Crippen molar-refractivity contribution < 1.29 is 10.0 Å². The van der Waals surface area contributed by atoms with E-state index in [1.807, 2.05) is 77.6 Å². The van der Waals surface area contributed by atoms with Crippen LogP contribution in [0.4, 0.5) is 0 Å². The van der Waals surface area contributed by atoms with Gasteiger partial charge in [0.05, 0.1) is 28.7 Å². The fraction of sp³-hybridized carbons (Fsp3) is 0.194. The molecule has 0 aliphatic rings. The fourth-order valence-corrected chi connectivity index (χ4v) is 5.56. The van der Waals surface area contributed by atoms with Crippen LogP contribution in [0.3, 0.4) is 0 Å². The quantitative estimate of drug-likeness (QED) is 0.0454. The first-order valence-corrected chi connectivity index (χ1v) is 14.6. The van der Waals surface area contributed by atoms with Crippen LogP contribution in [0, 0.1) is 0 Å². The van der Waals surface area contributed by atoms with Gasteiger partial charge in [-0.15, -0.1) is 0 Å². The van der Waals surface area contributed by atoms with Gasteiger partial charge in [-0.2, -0.15) is 9.52 Å². The number of aromatic nitrogens is 3. The maximum atomic E-state index is 11.3. The maximum Gasteiger partial charge on any atom is 0.243 e. The molecule has 0 radical (unpaired) electrons. The standard InChI is InChI=1S/C31H30Cl2N5O2P/c32-23-16-14-21(15-17-23)19-22-20-34-38(24-9-3-1-4-10-24)30(22)28-25-11-6-7-12-26(25)35-29(28)31(41)37(33)18-8-2-5-13-27(39)36-40/h1,3-4,6-7,9-12,14-17,20,35,40-41H,2,5,8,13,18-19H2,(H,36,39). The number of benzene rings is 3. The Labute approximate surface area is 251 Å². The topological polar surface area (TPSA) is 86.2 Å². The summed E-state index contributed by atoms with van der Waals surface area (Å²) in [4.78, 5) is 14.9. The van der Waals surface area contributed by atoms with Crippen molar-refractivity contribution in [1.29, 1.82) is 0 Å². The van der Waals surface area contributed by atoms with E-state index >= 15 is 0 Å². The summed E-state index contributed by atoms with van der Waals surface area (Å²) in [5.41, 5.74) is 9.28. The molecule has 41 heavy (non-hydrogen) atoms. The van der Waals surface area contributed by atoms with Crippen molar-refractivity contribution in [2.45, 2.75) is 32.1 Å². The van der Waals surface area contributed by atoms with Gasteiger partial charge < -0.3 is 4.98 Å². The van der Waals surface area contributed by atoms with Crippen LogP contribution in [0.15, 0.2) is 85.1 Å². The average Bonchev–Trinajstić information content (AvgIpc) is 3.58. The molecule has 10 heteroatoms. The molecule has 5 aromatic rings. The highest BCUT2D eigenvalue weighted by Gasteiger charge is 2.25. The van der Waals surface area contributed by atoms with E-state index in [1.54, 1.807) is 9.90 Å². The summed E-state index contributed by atoms with van der Waals surface area (Å²) in [6.45, 7) is 0.561. The fourth-order valence-electron chi connectivity index (χ4n) is 4.93. The second kappa shape index (κ2) is 13.5. The Morgan fingerprint density at radius 2 is 1.73 bits per heavy atom. The third-order valence-electron chi connectivity index (χ3n) is 6.96. The van der Waals surface area contributed by atoms with Gasteiger partial charge in [-0.1, -0.05) is 75.4 Å². The molecule has 2 aromatic heterocycles. The lowest BCUT2D eigenvalue weighted by Crippen LogP contribution is -2.23. The highest BCUT2D eigenvalue weighted by atomic mass is 35.5. The number of hydrogen-bond donors (Lipinski definition) is 3. The average molecular weight is 606 g/mol. The first-order chi connectivity index (χ1) is 20.0. The van der Waals surface area contributed by atoms with Crippen LogP contribution < -0.4 is 5.48 Å². The van der Waals surface area contributed by atoms with E-state index in [2.05, 4.69) is 26.0 Å². The molecule has 0 unspecified atom stereocenters. The number of para-hydroxylation sites is 2. The SMILES string of the molecule is O=C(CCCCCN(Cl)C(=P)c1[nH]c2ccccc2c1-c1c(Cc2ccc(Cl)cc2)cnn1-c1ccccc1)NO. The Balaban J connectivity index is 1.54. The molecule has 0 saturated carbocycles. The molecule has 0 saturated heterocycles. The van der Waals surface area contributed by atoms with Gasteiger partial charge in [0.25, 0.3) is 0 Å². The van der Waals surface area contributed by atoms with Crippen molar-refractivity contribution in [2.75, 3.05) is 6.54 Å². The van der Waals surface area contributed by atoms with Gasteiger partial charge in [0.15, 0.2) is 0 Å². The number of rotatable bonds is 12. The smallest absolute Gasteiger partial charge is 0.243 e. The second-order valence-corrected chi connectivity index (χ2v) is 11.1. The van der Waals surface area contributed by atoms with Crippen LogP contribution >= 0.6 is 32.2 Å². The van der Waals surface area contributed by atoms with Crippen LogP contribution in [-0.4, -0.2) is 42.3 Å². The van der Waals surface area contributed by atoms with Crippen LogP contribution in [0.5, 0.6) is 0 Å². The van der Waals surface area contributed by atoms with Crippen LogP contribution in [-0.2, 0) is 11.2 Å².